The highest BCUT2D eigenvalue weighted by Gasteiger charge is 2.05. The molecule has 15 heavy (non-hydrogen) atoms. The number of hydrogen-bond donors (Lipinski definition) is 0. The van der Waals surface area contributed by atoms with Crippen LogP contribution < -0.4 is 9.47 Å². The van der Waals surface area contributed by atoms with Crippen molar-refractivity contribution in [1.82, 2.24) is 0 Å². The van der Waals surface area contributed by atoms with Crippen LogP contribution in [0.4, 0.5) is 0 Å². The molecule has 1 aromatic carbocycles. The Morgan fingerprint density at radius 3 is 2.40 bits per heavy atom. The fraction of sp³-hybridized carbons (Fsp3) is 0.538. The summed E-state index contributed by atoms with van der Waals surface area (Å²) in [7, 11) is 3.40. The van der Waals surface area contributed by atoms with E-state index >= 15 is 0 Å². The molecule has 0 unspecified atom stereocenters. The van der Waals surface area contributed by atoms with E-state index in [0.29, 0.717) is 5.92 Å². The van der Waals surface area contributed by atoms with Gasteiger partial charge in [0.05, 0.1) is 14.2 Å². The Bertz CT molecular complexity index is 305. The maximum absolute atomic E-state index is 5.32. The average molecular weight is 208 g/mol. The lowest BCUT2D eigenvalue weighted by Gasteiger charge is -2.11. The molecule has 2 nitrogen and oxygen atoms in total. The third kappa shape index (κ3) is 3.46. The number of aryl methyl sites for hydroxylation is 1. The standard InChI is InChI=1S/C13H20O2/c1-10(2)5-6-11-9-12(14-3)7-8-13(11)15-4/h7-10H,5-6H2,1-4H3. The molecule has 84 valence electrons. The lowest BCUT2D eigenvalue weighted by atomic mass is 10.0. The number of ether oxygens (including phenoxy) is 2. The first-order valence-corrected chi connectivity index (χ1v) is 5.38. The zero-order chi connectivity index (χ0) is 11.3. The summed E-state index contributed by atoms with van der Waals surface area (Å²) in [5, 5.41) is 0. The van der Waals surface area contributed by atoms with Gasteiger partial charge in [-0.25, -0.2) is 0 Å². The zero-order valence-electron chi connectivity index (χ0n) is 10.0. The van der Waals surface area contributed by atoms with Crippen LogP contribution in [0.5, 0.6) is 11.5 Å². The van der Waals surface area contributed by atoms with Gasteiger partial charge >= 0.3 is 0 Å². The molecule has 2 heteroatoms. The van der Waals surface area contributed by atoms with E-state index in [1.807, 2.05) is 12.1 Å². The Morgan fingerprint density at radius 2 is 1.87 bits per heavy atom. The number of hydrogen-bond acceptors (Lipinski definition) is 2. The Labute approximate surface area is 92.2 Å². The van der Waals surface area contributed by atoms with E-state index in [9.17, 15) is 0 Å². The minimum Gasteiger partial charge on any atom is -0.497 e. The van der Waals surface area contributed by atoms with Gasteiger partial charge in [0.25, 0.3) is 0 Å². The van der Waals surface area contributed by atoms with Crippen LogP contribution in [0, 0.1) is 5.92 Å². The van der Waals surface area contributed by atoms with Crippen molar-refractivity contribution in [2.24, 2.45) is 5.92 Å². The van der Waals surface area contributed by atoms with Crippen molar-refractivity contribution >= 4 is 0 Å². The smallest absolute Gasteiger partial charge is 0.122 e. The Morgan fingerprint density at radius 1 is 1.13 bits per heavy atom. The van der Waals surface area contributed by atoms with E-state index < -0.39 is 0 Å². The van der Waals surface area contributed by atoms with Crippen molar-refractivity contribution in [2.45, 2.75) is 26.7 Å². The second-order valence-corrected chi connectivity index (χ2v) is 4.11. The minimum atomic E-state index is 0.709. The molecule has 1 rings (SSSR count). The highest BCUT2D eigenvalue weighted by molar-refractivity contribution is 5.40. The molecule has 0 saturated heterocycles. The van der Waals surface area contributed by atoms with Crippen molar-refractivity contribution < 1.29 is 9.47 Å². The lowest BCUT2D eigenvalue weighted by Crippen LogP contribution is -1.96. The summed E-state index contributed by atoms with van der Waals surface area (Å²) >= 11 is 0. The van der Waals surface area contributed by atoms with Crippen LogP contribution in [0.25, 0.3) is 0 Å². The Hall–Kier alpha value is -1.18. The van der Waals surface area contributed by atoms with Gasteiger partial charge < -0.3 is 9.47 Å². The van der Waals surface area contributed by atoms with Crippen molar-refractivity contribution in [3.8, 4) is 11.5 Å². The van der Waals surface area contributed by atoms with Gasteiger partial charge in [-0.15, -0.1) is 0 Å². The second kappa shape index (κ2) is 5.64. The van der Waals surface area contributed by atoms with Crippen molar-refractivity contribution in [2.75, 3.05) is 14.2 Å². The summed E-state index contributed by atoms with van der Waals surface area (Å²) in [4.78, 5) is 0. The maximum atomic E-state index is 5.32. The monoisotopic (exact) mass is 208 g/mol. The molecule has 0 aliphatic rings. The first-order chi connectivity index (χ1) is 7.17. The second-order valence-electron chi connectivity index (χ2n) is 4.11. The molecule has 0 aromatic heterocycles. The van der Waals surface area contributed by atoms with Crippen molar-refractivity contribution in [3.05, 3.63) is 23.8 Å². The molecule has 0 N–H and O–H groups in total. The number of rotatable bonds is 5. The molecule has 0 spiro atoms. The van der Waals surface area contributed by atoms with Crippen LogP contribution in [-0.4, -0.2) is 14.2 Å². The highest BCUT2D eigenvalue weighted by atomic mass is 16.5. The lowest BCUT2D eigenvalue weighted by molar-refractivity contribution is 0.397. The third-order valence-electron chi connectivity index (χ3n) is 2.48. The van der Waals surface area contributed by atoms with Gasteiger partial charge in [-0.3, -0.25) is 0 Å². The average Bonchev–Trinajstić information content (AvgIpc) is 2.25. The van der Waals surface area contributed by atoms with Crippen molar-refractivity contribution in [3.63, 3.8) is 0 Å². The zero-order valence-corrected chi connectivity index (χ0v) is 10.0. The van der Waals surface area contributed by atoms with Gasteiger partial charge in [-0.05, 0) is 42.5 Å². The summed E-state index contributed by atoms with van der Waals surface area (Å²) in [6.45, 7) is 4.46. The SMILES string of the molecule is COc1ccc(OC)c(CCC(C)C)c1. The predicted octanol–water partition coefficient (Wildman–Crippen LogP) is 3.29. The normalized spacial score (nSPS) is 10.5. The van der Waals surface area contributed by atoms with Crippen LogP contribution in [0.1, 0.15) is 25.8 Å². The highest BCUT2D eigenvalue weighted by Crippen LogP contribution is 2.25. The predicted molar refractivity (Wildman–Crippen MR) is 62.7 cm³/mol. The van der Waals surface area contributed by atoms with E-state index in [1.165, 1.54) is 12.0 Å². The van der Waals surface area contributed by atoms with E-state index in [1.54, 1.807) is 14.2 Å². The van der Waals surface area contributed by atoms with Crippen LogP contribution in [0.15, 0.2) is 18.2 Å². The molecule has 0 radical (unpaired) electrons. The Balaban J connectivity index is 2.81. The van der Waals surface area contributed by atoms with Crippen molar-refractivity contribution in [1.29, 1.82) is 0 Å². The summed E-state index contributed by atoms with van der Waals surface area (Å²) < 4.78 is 10.5. The molecule has 0 fully saturated rings. The third-order valence-corrected chi connectivity index (χ3v) is 2.48. The number of methoxy groups -OCH3 is 2. The molecule has 0 bridgehead atoms. The fourth-order valence-corrected chi connectivity index (χ4v) is 1.52. The molecule has 0 atom stereocenters. The minimum absolute atomic E-state index is 0.709. The molecular weight excluding hydrogens is 188 g/mol. The molecule has 0 aliphatic heterocycles. The van der Waals surface area contributed by atoms with Crippen LogP contribution >= 0.6 is 0 Å². The number of benzene rings is 1. The molecule has 1 aromatic rings. The first-order valence-electron chi connectivity index (χ1n) is 5.38. The topological polar surface area (TPSA) is 18.5 Å². The van der Waals surface area contributed by atoms with Gasteiger partial charge in [-0.2, -0.15) is 0 Å². The van der Waals surface area contributed by atoms with E-state index in [2.05, 4.69) is 19.9 Å². The quantitative estimate of drug-likeness (QED) is 0.739. The van der Waals surface area contributed by atoms with E-state index in [-0.39, 0.29) is 0 Å². The van der Waals surface area contributed by atoms with Gasteiger partial charge in [0, 0.05) is 0 Å². The Kier molecular flexibility index (Phi) is 4.47. The summed E-state index contributed by atoms with van der Waals surface area (Å²) in [5.74, 6) is 2.56. The van der Waals surface area contributed by atoms with Crippen LogP contribution in [-0.2, 0) is 6.42 Å². The van der Waals surface area contributed by atoms with E-state index in [0.717, 1.165) is 17.9 Å². The van der Waals surface area contributed by atoms with Gasteiger partial charge in [-0.1, -0.05) is 13.8 Å². The van der Waals surface area contributed by atoms with Crippen LogP contribution in [0.2, 0.25) is 0 Å². The van der Waals surface area contributed by atoms with Gasteiger partial charge in [0.15, 0.2) is 0 Å². The molecule has 0 amide bonds. The summed E-state index contributed by atoms with van der Waals surface area (Å²) in [6.07, 6.45) is 2.21. The molecule has 0 heterocycles. The summed E-state index contributed by atoms with van der Waals surface area (Å²) in [5.41, 5.74) is 1.23. The summed E-state index contributed by atoms with van der Waals surface area (Å²) in [6, 6.07) is 5.95. The van der Waals surface area contributed by atoms with Gasteiger partial charge in [0.1, 0.15) is 11.5 Å². The maximum Gasteiger partial charge on any atom is 0.122 e. The molecule has 0 aliphatic carbocycles. The van der Waals surface area contributed by atoms with E-state index in [4.69, 9.17) is 9.47 Å². The first kappa shape index (κ1) is 11.9. The van der Waals surface area contributed by atoms with Gasteiger partial charge in [0.2, 0.25) is 0 Å². The largest absolute Gasteiger partial charge is 0.497 e. The fourth-order valence-electron chi connectivity index (χ4n) is 1.52. The molecular formula is C13H20O2. The van der Waals surface area contributed by atoms with Crippen LogP contribution in [0.3, 0.4) is 0 Å². The molecule has 0 saturated carbocycles.